The lowest BCUT2D eigenvalue weighted by molar-refractivity contribution is -0.138. The van der Waals surface area contributed by atoms with Crippen molar-refractivity contribution in [2.45, 2.75) is 32.9 Å². The van der Waals surface area contributed by atoms with Crippen LogP contribution in [0.15, 0.2) is 24.5 Å². The number of carbonyl (C=O) groups is 2. The molecule has 1 atom stereocenters. The van der Waals surface area contributed by atoms with Gasteiger partial charge in [0, 0.05) is 13.0 Å². The standard InChI is InChI=1S/C15H16ClFN4O2/c1-3-21-14(18-8-19-21)9(2)20-15(23)13(22)7-10-4-5-11(16)12(17)6-10/h4-6,8-9H,3,7H2,1-2H3,(H,20,23). The van der Waals surface area contributed by atoms with Crippen LogP contribution in [0.3, 0.4) is 0 Å². The van der Waals surface area contributed by atoms with Crippen LogP contribution in [0.2, 0.25) is 5.02 Å². The highest BCUT2D eigenvalue weighted by molar-refractivity contribution is 6.36. The zero-order valence-corrected chi connectivity index (χ0v) is 13.5. The molecule has 122 valence electrons. The first-order valence-corrected chi connectivity index (χ1v) is 7.45. The molecule has 1 aromatic heterocycles. The number of aromatic nitrogens is 3. The van der Waals surface area contributed by atoms with E-state index in [1.165, 1.54) is 18.5 Å². The predicted molar refractivity (Wildman–Crippen MR) is 82.4 cm³/mol. The quantitative estimate of drug-likeness (QED) is 0.818. The molecule has 0 aliphatic rings. The minimum absolute atomic E-state index is 0.0295. The Kier molecular flexibility index (Phi) is 5.44. The monoisotopic (exact) mass is 338 g/mol. The number of halogens is 2. The van der Waals surface area contributed by atoms with E-state index < -0.39 is 23.5 Å². The van der Waals surface area contributed by atoms with Crippen molar-refractivity contribution in [1.82, 2.24) is 20.1 Å². The summed E-state index contributed by atoms with van der Waals surface area (Å²) in [4.78, 5) is 28.0. The van der Waals surface area contributed by atoms with Crippen LogP contribution in [0.25, 0.3) is 0 Å². The molecule has 0 radical (unpaired) electrons. The molecular weight excluding hydrogens is 323 g/mol. The van der Waals surface area contributed by atoms with Gasteiger partial charge in [-0.2, -0.15) is 5.10 Å². The molecule has 0 bridgehead atoms. The zero-order chi connectivity index (χ0) is 17.0. The predicted octanol–water partition coefficient (Wildman–Crippen LogP) is 2.08. The van der Waals surface area contributed by atoms with Crippen molar-refractivity contribution in [3.63, 3.8) is 0 Å². The summed E-state index contributed by atoms with van der Waals surface area (Å²) in [5.74, 6) is -1.48. The molecule has 1 aromatic carbocycles. The molecule has 0 aliphatic carbocycles. The van der Waals surface area contributed by atoms with Crippen molar-refractivity contribution >= 4 is 23.3 Å². The van der Waals surface area contributed by atoms with E-state index in [9.17, 15) is 14.0 Å². The van der Waals surface area contributed by atoms with E-state index in [1.807, 2.05) is 6.92 Å². The summed E-state index contributed by atoms with van der Waals surface area (Å²) in [6.45, 7) is 4.21. The van der Waals surface area contributed by atoms with Gasteiger partial charge in [0.1, 0.15) is 18.0 Å². The van der Waals surface area contributed by atoms with E-state index in [2.05, 4.69) is 15.4 Å². The van der Waals surface area contributed by atoms with Crippen LogP contribution in [0.1, 0.15) is 31.3 Å². The number of carbonyl (C=O) groups excluding carboxylic acids is 2. The Balaban J connectivity index is 1.99. The van der Waals surface area contributed by atoms with Crippen LogP contribution in [0, 0.1) is 5.82 Å². The fourth-order valence-corrected chi connectivity index (χ4v) is 2.23. The molecular formula is C15H16ClFN4O2. The highest BCUT2D eigenvalue weighted by Crippen LogP contribution is 2.16. The molecule has 0 spiro atoms. The van der Waals surface area contributed by atoms with Gasteiger partial charge in [0.05, 0.1) is 11.1 Å². The molecule has 6 nitrogen and oxygen atoms in total. The molecule has 1 unspecified atom stereocenters. The Morgan fingerprint density at radius 1 is 1.43 bits per heavy atom. The number of nitrogens with one attached hydrogen (secondary N) is 1. The Hall–Kier alpha value is -2.28. The smallest absolute Gasteiger partial charge is 0.288 e. The number of nitrogens with zero attached hydrogens (tertiary/aromatic N) is 3. The minimum atomic E-state index is -0.751. The second-order valence-electron chi connectivity index (χ2n) is 4.98. The minimum Gasteiger partial charge on any atom is -0.340 e. The highest BCUT2D eigenvalue weighted by Gasteiger charge is 2.20. The van der Waals surface area contributed by atoms with Crippen LogP contribution in [-0.4, -0.2) is 26.5 Å². The largest absolute Gasteiger partial charge is 0.340 e. The van der Waals surface area contributed by atoms with Gasteiger partial charge >= 0.3 is 0 Å². The van der Waals surface area contributed by atoms with Gasteiger partial charge < -0.3 is 5.32 Å². The van der Waals surface area contributed by atoms with Crippen molar-refractivity contribution in [1.29, 1.82) is 0 Å². The molecule has 1 N–H and O–H groups in total. The third-order valence-corrected chi connectivity index (χ3v) is 3.59. The first-order valence-electron chi connectivity index (χ1n) is 7.07. The summed E-state index contributed by atoms with van der Waals surface area (Å²) in [5.41, 5.74) is 0.386. The summed E-state index contributed by atoms with van der Waals surface area (Å²) in [5, 5.41) is 6.55. The summed E-state index contributed by atoms with van der Waals surface area (Å²) in [6.07, 6.45) is 1.19. The second-order valence-corrected chi connectivity index (χ2v) is 5.38. The molecule has 0 saturated carbocycles. The fraction of sp³-hybridized carbons (Fsp3) is 0.333. The van der Waals surface area contributed by atoms with Crippen molar-refractivity contribution in [3.8, 4) is 0 Å². The van der Waals surface area contributed by atoms with Crippen molar-refractivity contribution in [2.24, 2.45) is 0 Å². The molecule has 0 aliphatic heterocycles. The average Bonchev–Trinajstić information content (AvgIpc) is 2.99. The maximum atomic E-state index is 13.3. The lowest BCUT2D eigenvalue weighted by atomic mass is 10.1. The molecule has 1 amide bonds. The van der Waals surface area contributed by atoms with Crippen molar-refractivity contribution in [2.75, 3.05) is 0 Å². The molecule has 0 saturated heterocycles. The number of Topliss-reactive ketones (excluding diaryl/α,β-unsaturated/α-hetero) is 1. The Morgan fingerprint density at radius 2 is 2.17 bits per heavy atom. The molecule has 0 fully saturated rings. The van der Waals surface area contributed by atoms with Crippen LogP contribution in [0.4, 0.5) is 4.39 Å². The van der Waals surface area contributed by atoms with Crippen LogP contribution < -0.4 is 5.32 Å². The third kappa shape index (κ3) is 4.13. The zero-order valence-electron chi connectivity index (χ0n) is 12.7. The van der Waals surface area contributed by atoms with E-state index in [-0.39, 0.29) is 11.4 Å². The van der Waals surface area contributed by atoms with E-state index in [0.717, 1.165) is 6.07 Å². The molecule has 8 heteroatoms. The van der Waals surface area contributed by atoms with Gasteiger partial charge in [-0.25, -0.2) is 14.1 Å². The summed E-state index contributed by atoms with van der Waals surface area (Å²) >= 11 is 5.58. The number of ketones is 1. The number of benzene rings is 1. The summed E-state index contributed by atoms with van der Waals surface area (Å²) < 4.78 is 15.0. The van der Waals surface area contributed by atoms with Crippen LogP contribution >= 0.6 is 11.6 Å². The van der Waals surface area contributed by atoms with Crippen molar-refractivity contribution < 1.29 is 14.0 Å². The fourth-order valence-electron chi connectivity index (χ4n) is 2.11. The van der Waals surface area contributed by atoms with Gasteiger partial charge in [-0.05, 0) is 31.5 Å². The number of hydrogen-bond acceptors (Lipinski definition) is 4. The molecule has 23 heavy (non-hydrogen) atoms. The first kappa shape index (κ1) is 17.1. The molecule has 2 rings (SSSR count). The van der Waals surface area contributed by atoms with Crippen molar-refractivity contribution in [3.05, 3.63) is 46.8 Å². The van der Waals surface area contributed by atoms with Gasteiger partial charge in [-0.3, -0.25) is 9.59 Å². The first-order chi connectivity index (χ1) is 10.9. The van der Waals surface area contributed by atoms with Gasteiger partial charge in [0.25, 0.3) is 5.91 Å². The van der Waals surface area contributed by atoms with Gasteiger partial charge in [0.2, 0.25) is 5.78 Å². The van der Waals surface area contributed by atoms with E-state index in [1.54, 1.807) is 11.6 Å². The Bertz CT molecular complexity index is 732. The molecule has 2 aromatic rings. The Morgan fingerprint density at radius 3 is 2.83 bits per heavy atom. The average molecular weight is 339 g/mol. The molecule has 1 heterocycles. The van der Waals surface area contributed by atoms with Gasteiger partial charge in [0.15, 0.2) is 0 Å². The SMILES string of the molecule is CCn1ncnc1C(C)NC(=O)C(=O)Cc1ccc(Cl)c(F)c1. The van der Waals surface area contributed by atoms with Crippen LogP contribution in [-0.2, 0) is 22.6 Å². The normalized spacial score (nSPS) is 12.0. The lowest BCUT2D eigenvalue weighted by Gasteiger charge is -2.13. The van der Waals surface area contributed by atoms with Gasteiger partial charge in [-0.15, -0.1) is 0 Å². The number of amides is 1. The highest BCUT2D eigenvalue weighted by atomic mass is 35.5. The Labute approximate surface area is 137 Å². The topological polar surface area (TPSA) is 76.9 Å². The van der Waals surface area contributed by atoms with Crippen LogP contribution in [0.5, 0.6) is 0 Å². The maximum absolute atomic E-state index is 13.3. The summed E-state index contributed by atoms with van der Waals surface area (Å²) in [7, 11) is 0. The van der Waals surface area contributed by atoms with E-state index in [0.29, 0.717) is 17.9 Å². The maximum Gasteiger partial charge on any atom is 0.288 e. The number of rotatable bonds is 6. The van der Waals surface area contributed by atoms with E-state index in [4.69, 9.17) is 11.6 Å². The third-order valence-electron chi connectivity index (χ3n) is 3.28. The number of aryl methyl sites for hydroxylation is 1. The second kappa shape index (κ2) is 7.32. The van der Waals surface area contributed by atoms with E-state index >= 15 is 0 Å². The number of hydrogen-bond donors (Lipinski definition) is 1. The lowest BCUT2D eigenvalue weighted by Crippen LogP contribution is -2.35. The van der Waals surface area contributed by atoms with Gasteiger partial charge in [-0.1, -0.05) is 17.7 Å². The summed E-state index contributed by atoms with van der Waals surface area (Å²) in [6, 6.07) is 3.54.